The molecular weight excluding hydrogens is 226 g/mol. The van der Waals surface area contributed by atoms with E-state index in [2.05, 4.69) is 0 Å². The van der Waals surface area contributed by atoms with E-state index in [0.29, 0.717) is 16.8 Å². The summed E-state index contributed by atoms with van der Waals surface area (Å²) in [4.78, 5) is 12.3. The minimum atomic E-state index is -0.0255. The standard InChI is InChI=1S/C15H15NO2/c1-10-13(4-3-5-14(10)16)15(17)11-6-8-12(18-2)9-7-11/h3-9H,16H2,1-2H3. The number of anilines is 1. The van der Waals surface area contributed by atoms with Gasteiger partial charge in [-0.1, -0.05) is 12.1 Å². The van der Waals surface area contributed by atoms with Crippen LogP contribution < -0.4 is 10.5 Å². The number of ketones is 1. The monoisotopic (exact) mass is 241 g/mol. The van der Waals surface area contributed by atoms with Gasteiger partial charge in [0, 0.05) is 16.8 Å². The van der Waals surface area contributed by atoms with Crippen molar-refractivity contribution in [2.24, 2.45) is 0 Å². The Morgan fingerprint density at radius 1 is 1.11 bits per heavy atom. The van der Waals surface area contributed by atoms with Crippen LogP contribution in [0.15, 0.2) is 42.5 Å². The Morgan fingerprint density at radius 2 is 1.78 bits per heavy atom. The van der Waals surface area contributed by atoms with E-state index in [1.54, 1.807) is 49.6 Å². The number of nitrogens with two attached hydrogens (primary N) is 1. The molecule has 0 aliphatic heterocycles. The molecule has 0 aromatic heterocycles. The maximum absolute atomic E-state index is 12.3. The van der Waals surface area contributed by atoms with Crippen LogP contribution in [0.5, 0.6) is 5.75 Å². The van der Waals surface area contributed by atoms with Gasteiger partial charge in [-0.15, -0.1) is 0 Å². The molecule has 2 N–H and O–H groups in total. The smallest absolute Gasteiger partial charge is 0.193 e. The summed E-state index contributed by atoms with van der Waals surface area (Å²) in [6.45, 7) is 1.85. The van der Waals surface area contributed by atoms with E-state index in [0.717, 1.165) is 11.3 Å². The quantitative estimate of drug-likeness (QED) is 0.664. The second-order valence-electron chi connectivity index (χ2n) is 4.08. The molecule has 18 heavy (non-hydrogen) atoms. The summed E-state index contributed by atoms with van der Waals surface area (Å²) in [6.07, 6.45) is 0. The fourth-order valence-corrected chi connectivity index (χ4v) is 1.80. The number of methoxy groups -OCH3 is 1. The highest BCUT2D eigenvalue weighted by Crippen LogP contribution is 2.20. The SMILES string of the molecule is COc1ccc(C(=O)c2cccc(N)c2C)cc1. The molecule has 0 atom stereocenters. The molecule has 0 spiro atoms. The molecule has 2 rings (SSSR count). The summed E-state index contributed by atoms with van der Waals surface area (Å²) in [5.74, 6) is 0.707. The number of hydrogen-bond donors (Lipinski definition) is 1. The third-order valence-corrected chi connectivity index (χ3v) is 2.97. The van der Waals surface area contributed by atoms with Gasteiger partial charge < -0.3 is 10.5 Å². The Labute approximate surface area is 106 Å². The summed E-state index contributed by atoms with van der Waals surface area (Å²) in [6, 6.07) is 12.4. The number of benzene rings is 2. The topological polar surface area (TPSA) is 52.3 Å². The minimum Gasteiger partial charge on any atom is -0.497 e. The van der Waals surface area contributed by atoms with E-state index < -0.39 is 0 Å². The Hall–Kier alpha value is -2.29. The highest BCUT2D eigenvalue weighted by Gasteiger charge is 2.12. The molecule has 0 heterocycles. The highest BCUT2D eigenvalue weighted by molar-refractivity contribution is 6.10. The van der Waals surface area contributed by atoms with Crippen molar-refractivity contribution >= 4 is 11.5 Å². The minimum absolute atomic E-state index is 0.0255. The van der Waals surface area contributed by atoms with Gasteiger partial charge in [0.15, 0.2) is 5.78 Å². The van der Waals surface area contributed by atoms with Gasteiger partial charge in [0.2, 0.25) is 0 Å². The lowest BCUT2D eigenvalue weighted by atomic mass is 9.98. The predicted octanol–water partition coefficient (Wildman–Crippen LogP) is 2.82. The number of rotatable bonds is 3. The van der Waals surface area contributed by atoms with Gasteiger partial charge in [0.05, 0.1) is 7.11 Å². The first-order valence-electron chi connectivity index (χ1n) is 5.67. The van der Waals surface area contributed by atoms with Gasteiger partial charge in [-0.05, 0) is 42.8 Å². The molecular formula is C15H15NO2. The van der Waals surface area contributed by atoms with E-state index in [4.69, 9.17) is 10.5 Å². The Kier molecular flexibility index (Phi) is 3.33. The lowest BCUT2D eigenvalue weighted by Crippen LogP contribution is -2.05. The molecule has 92 valence electrons. The van der Waals surface area contributed by atoms with Crippen molar-refractivity contribution in [3.63, 3.8) is 0 Å². The normalized spacial score (nSPS) is 10.1. The lowest BCUT2D eigenvalue weighted by molar-refractivity contribution is 0.103. The van der Waals surface area contributed by atoms with Crippen molar-refractivity contribution in [2.75, 3.05) is 12.8 Å². The van der Waals surface area contributed by atoms with E-state index >= 15 is 0 Å². The molecule has 0 radical (unpaired) electrons. The van der Waals surface area contributed by atoms with Gasteiger partial charge in [-0.3, -0.25) is 4.79 Å². The molecule has 0 aliphatic carbocycles. The molecule has 2 aromatic rings. The average molecular weight is 241 g/mol. The third-order valence-electron chi connectivity index (χ3n) is 2.97. The Bertz CT molecular complexity index is 574. The molecule has 0 amide bonds. The maximum Gasteiger partial charge on any atom is 0.193 e. The van der Waals surface area contributed by atoms with Gasteiger partial charge in [-0.25, -0.2) is 0 Å². The average Bonchev–Trinajstić information content (AvgIpc) is 2.41. The van der Waals surface area contributed by atoms with Crippen molar-refractivity contribution in [1.82, 2.24) is 0 Å². The second kappa shape index (κ2) is 4.92. The molecule has 0 saturated heterocycles. The fourth-order valence-electron chi connectivity index (χ4n) is 1.80. The van der Waals surface area contributed by atoms with Gasteiger partial charge in [0.1, 0.15) is 5.75 Å². The first-order chi connectivity index (χ1) is 8.63. The summed E-state index contributed by atoms with van der Waals surface area (Å²) in [5, 5.41) is 0. The van der Waals surface area contributed by atoms with Crippen LogP contribution in [0.4, 0.5) is 5.69 Å². The van der Waals surface area contributed by atoms with Crippen LogP contribution in [0, 0.1) is 6.92 Å². The Morgan fingerprint density at radius 3 is 2.39 bits per heavy atom. The number of ether oxygens (including phenoxy) is 1. The first kappa shape index (κ1) is 12.2. The van der Waals surface area contributed by atoms with E-state index in [9.17, 15) is 4.79 Å². The molecule has 3 nitrogen and oxygen atoms in total. The van der Waals surface area contributed by atoms with Gasteiger partial charge in [-0.2, -0.15) is 0 Å². The number of carbonyl (C=O) groups excluding carboxylic acids is 1. The maximum atomic E-state index is 12.3. The van der Waals surface area contributed by atoms with E-state index in [1.807, 2.05) is 6.92 Å². The molecule has 0 unspecified atom stereocenters. The summed E-state index contributed by atoms with van der Waals surface area (Å²) < 4.78 is 5.07. The molecule has 3 heteroatoms. The first-order valence-corrected chi connectivity index (χ1v) is 5.67. The van der Waals surface area contributed by atoms with E-state index in [1.165, 1.54) is 0 Å². The molecule has 0 bridgehead atoms. The predicted molar refractivity (Wildman–Crippen MR) is 72.0 cm³/mol. The van der Waals surface area contributed by atoms with Crippen molar-refractivity contribution < 1.29 is 9.53 Å². The summed E-state index contributed by atoms with van der Waals surface area (Å²) in [5.41, 5.74) is 8.53. The van der Waals surface area contributed by atoms with Gasteiger partial charge >= 0.3 is 0 Å². The molecule has 0 saturated carbocycles. The van der Waals surface area contributed by atoms with Gasteiger partial charge in [0.25, 0.3) is 0 Å². The highest BCUT2D eigenvalue weighted by atomic mass is 16.5. The van der Waals surface area contributed by atoms with Crippen molar-refractivity contribution in [1.29, 1.82) is 0 Å². The van der Waals surface area contributed by atoms with Crippen LogP contribution in [0.1, 0.15) is 21.5 Å². The van der Waals surface area contributed by atoms with Crippen molar-refractivity contribution in [2.45, 2.75) is 6.92 Å². The molecule has 2 aromatic carbocycles. The Balaban J connectivity index is 2.38. The van der Waals surface area contributed by atoms with E-state index in [-0.39, 0.29) is 5.78 Å². The summed E-state index contributed by atoms with van der Waals surface area (Å²) in [7, 11) is 1.60. The zero-order valence-corrected chi connectivity index (χ0v) is 10.4. The zero-order valence-electron chi connectivity index (χ0n) is 10.4. The van der Waals surface area contributed by atoms with Crippen LogP contribution in [-0.4, -0.2) is 12.9 Å². The number of hydrogen-bond acceptors (Lipinski definition) is 3. The van der Waals surface area contributed by atoms with Crippen LogP contribution in [0.25, 0.3) is 0 Å². The third kappa shape index (κ3) is 2.20. The fraction of sp³-hybridized carbons (Fsp3) is 0.133. The number of nitrogen functional groups attached to an aromatic ring is 1. The van der Waals surface area contributed by atoms with Crippen LogP contribution >= 0.6 is 0 Å². The van der Waals surface area contributed by atoms with Crippen molar-refractivity contribution in [3.8, 4) is 5.75 Å². The van der Waals surface area contributed by atoms with Crippen molar-refractivity contribution in [3.05, 3.63) is 59.2 Å². The molecule has 0 aliphatic rings. The lowest BCUT2D eigenvalue weighted by Gasteiger charge is -2.08. The molecule has 0 fully saturated rings. The van der Waals surface area contributed by atoms with Crippen LogP contribution in [0.2, 0.25) is 0 Å². The van der Waals surface area contributed by atoms with Crippen LogP contribution in [0.3, 0.4) is 0 Å². The summed E-state index contributed by atoms with van der Waals surface area (Å²) >= 11 is 0. The van der Waals surface area contributed by atoms with Crippen LogP contribution in [-0.2, 0) is 0 Å². The second-order valence-corrected chi connectivity index (χ2v) is 4.08. The largest absolute Gasteiger partial charge is 0.497 e. The number of carbonyl (C=O) groups is 1. The zero-order chi connectivity index (χ0) is 13.1.